The van der Waals surface area contributed by atoms with Gasteiger partial charge in [0.1, 0.15) is 5.82 Å². The molecule has 1 heterocycles. The highest BCUT2D eigenvalue weighted by molar-refractivity contribution is 5.91. The maximum absolute atomic E-state index is 13.7. The first kappa shape index (κ1) is 20.8. The van der Waals surface area contributed by atoms with Gasteiger partial charge in [0.2, 0.25) is 5.88 Å². The van der Waals surface area contributed by atoms with Crippen LogP contribution in [0.1, 0.15) is 67.6 Å². The molecule has 0 spiro atoms. The van der Waals surface area contributed by atoms with Gasteiger partial charge in [-0.1, -0.05) is 51.8 Å². The third kappa shape index (κ3) is 5.31. The molecule has 0 fully saturated rings. The van der Waals surface area contributed by atoms with Gasteiger partial charge in [0.05, 0.1) is 16.9 Å². The van der Waals surface area contributed by atoms with Gasteiger partial charge in [0.15, 0.2) is 0 Å². The van der Waals surface area contributed by atoms with E-state index in [9.17, 15) is 9.18 Å². The van der Waals surface area contributed by atoms with Crippen LogP contribution in [-0.4, -0.2) is 15.7 Å². The standard InChI is InChI=1S/C24H27FN2O2/c1-4-5-6-8-18-11-13-19(14-12-18)24(28)29-23-16-22(17(2)3)26-27(23)21-10-7-9-20(25)15-21/h7,9-17H,4-6,8H2,1-3H3. The summed E-state index contributed by atoms with van der Waals surface area (Å²) in [5.74, 6) is -0.418. The van der Waals surface area contributed by atoms with E-state index in [-0.39, 0.29) is 17.6 Å². The number of carbonyl (C=O) groups is 1. The third-order valence-electron chi connectivity index (χ3n) is 4.80. The van der Waals surface area contributed by atoms with Gasteiger partial charge in [-0.25, -0.2) is 13.9 Å². The lowest BCUT2D eigenvalue weighted by atomic mass is 10.1. The predicted molar refractivity (Wildman–Crippen MR) is 112 cm³/mol. The highest BCUT2D eigenvalue weighted by atomic mass is 19.1. The summed E-state index contributed by atoms with van der Waals surface area (Å²) in [5, 5.41) is 4.50. The van der Waals surface area contributed by atoms with Crippen molar-refractivity contribution in [3.8, 4) is 11.6 Å². The van der Waals surface area contributed by atoms with E-state index in [0.29, 0.717) is 11.3 Å². The number of benzene rings is 2. The smallest absolute Gasteiger partial charge is 0.344 e. The topological polar surface area (TPSA) is 44.1 Å². The minimum absolute atomic E-state index is 0.143. The molecule has 0 unspecified atom stereocenters. The number of ether oxygens (including phenoxy) is 1. The quantitative estimate of drug-likeness (QED) is 0.343. The molecule has 4 nitrogen and oxygen atoms in total. The number of hydrogen-bond acceptors (Lipinski definition) is 3. The Kier molecular flexibility index (Phi) is 6.81. The van der Waals surface area contributed by atoms with Crippen molar-refractivity contribution in [2.75, 3.05) is 0 Å². The van der Waals surface area contributed by atoms with Crippen molar-refractivity contribution < 1.29 is 13.9 Å². The van der Waals surface area contributed by atoms with Crippen molar-refractivity contribution in [2.45, 2.75) is 52.4 Å². The fraction of sp³-hybridized carbons (Fsp3) is 0.333. The number of aromatic nitrogens is 2. The molecule has 5 heteroatoms. The maximum atomic E-state index is 13.7. The molecule has 0 radical (unpaired) electrons. The van der Waals surface area contributed by atoms with Crippen LogP contribution in [-0.2, 0) is 6.42 Å². The second-order valence-corrected chi connectivity index (χ2v) is 7.50. The van der Waals surface area contributed by atoms with Gasteiger partial charge in [0.25, 0.3) is 0 Å². The first-order valence-corrected chi connectivity index (χ1v) is 10.1. The molecule has 1 aromatic heterocycles. The summed E-state index contributed by atoms with van der Waals surface area (Å²) in [6.07, 6.45) is 4.53. The van der Waals surface area contributed by atoms with Crippen LogP contribution in [0.15, 0.2) is 54.6 Å². The Balaban J connectivity index is 1.81. The fourth-order valence-electron chi connectivity index (χ4n) is 3.07. The number of rotatable bonds is 8. The van der Waals surface area contributed by atoms with E-state index in [0.717, 1.165) is 18.5 Å². The largest absolute Gasteiger partial charge is 0.404 e. The van der Waals surface area contributed by atoms with E-state index >= 15 is 0 Å². The Bertz CT molecular complexity index is 961. The number of hydrogen-bond donors (Lipinski definition) is 0. The molecule has 0 aliphatic rings. The van der Waals surface area contributed by atoms with Crippen LogP contribution in [0.3, 0.4) is 0 Å². The molecule has 0 saturated heterocycles. The van der Waals surface area contributed by atoms with E-state index in [1.807, 2.05) is 26.0 Å². The average Bonchev–Trinajstić information content (AvgIpc) is 3.13. The van der Waals surface area contributed by atoms with E-state index in [2.05, 4.69) is 12.0 Å². The summed E-state index contributed by atoms with van der Waals surface area (Å²) in [5.41, 5.74) is 2.96. The minimum atomic E-state index is -0.460. The Morgan fingerprint density at radius 2 is 1.86 bits per heavy atom. The first-order chi connectivity index (χ1) is 14.0. The van der Waals surface area contributed by atoms with Gasteiger partial charge >= 0.3 is 5.97 Å². The molecule has 0 amide bonds. The van der Waals surface area contributed by atoms with E-state index in [1.54, 1.807) is 30.3 Å². The van der Waals surface area contributed by atoms with Crippen LogP contribution in [0.2, 0.25) is 0 Å². The van der Waals surface area contributed by atoms with E-state index in [1.165, 1.54) is 35.2 Å². The zero-order valence-electron chi connectivity index (χ0n) is 17.2. The van der Waals surface area contributed by atoms with Crippen molar-refractivity contribution in [2.24, 2.45) is 0 Å². The Hall–Kier alpha value is -2.95. The number of esters is 1. The predicted octanol–water partition coefficient (Wildman–Crippen LogP) is 6.09. The molecule has 3 aromatic rings. The zero-order valence-corrected chi connectivity index (χ0v) is 17.2. The molecule has 0 aliphatic carbocycles. The third-order valence-corrected chi connectivity index (χ3v) is 4.80. The molecule has 0 bridgehead atoms. The van der Waals surface area contributed by atoms with Crippen LogP contribution in [0.5, 0.6) is 5.88 Å². The molecule has 3 rings (SSSR count). The molecule has 29 heavy (non-hydrogen) atoms. The molecule has 0 aliphatic heterocycles. The molecule has 0 N–H and O–H groups in total. The average molecular weight is 394 g/mol. The summed E-state index contributed by atoms with van der Waals surface area (Å²) >= 11 is 0. The molecular formula is C24H27FN2O2. The maximum Gasteiger partial charge on any atom is 0.344 e. The Morgan fingerprint density at radius 1 is 1.10 bits per heavy atom. The van der Waals surface area contributed by atoms with E-state index in [4.69, 9.17) is 4.74 Å². The molecule has 0 saturated carbocycles. The summed E-state index contributed by atoms with van der Waals surface area (Å²) < 4.78 is 20.8. The van der Waals surface area contributed by atoms with Crippen molar-refractivity contribution in [3.63, 3.8) is 0 Å². The summed E-state index contributed by atoms with van der Waals surface area (Å²) in [4.78, 5) is 12.7. The number of halogens is 1. The number of carbonyl (C=O) groups excluding carboxylic acids is 1. The molecule has 2 aromatic carbocycles. The first-order valence-electron chi connectivity index (χ1n) is 10.1. The fourth-order valence-corrected chi connectivity index (χ4v) is 3.07. The summed E-state index contributed by atoms with van der Waals surface area (Å²) in [6.45, 7) is 6.18. The lowest BCUT2D eigenvalue weighted by Crippen LogP contribution is -2.12. The SMILES string of the molecule is CCCCCc1ccc(C(=O)Oc2cc(C(C)C)nn2-c2cccc(F)c2)cc1. The second kappa shape index (κ2) is 9.50. The Labute approximate surface area is 171 Å². The highest BCUT2D eigenvalue weighted by Crippen LogP contribution is 2.25. The van der Waals surface area contributed by atoms with Gasteiger partial charge in [-0.05, 0) is 54.7 Å². The number of unbranched alkanes of at least 4 members (excludes halogenated alkanes) is 2. The van der Waals surface area contributed by atoms with Gasteiger partial charge in [-0.3, -0.25) is 0 Å². The van der Waals surface area contributed by atoms with E-state index < -0.39 is 5.97 Å². The van der Waals surface area contributed by atoms with Crippen molar-refractivity contribution >= 4 is 5.97 Å². The monoisotopic (exact) mass is 394 g/mol. The minimum Gasteiger partial charge on any atom is -0.404 e. The molecule has 0 atom stereocenters. The second-order valence-electron chi connectivity index (χ2n) is 7.50. The molecule has 152 valence electrons. The normalized spacial score (nSPS) is 11.1. The van der Waals surface area contributed by atoms with Gasteiger partial charge in [0, 0.05) is 6.07 Å². The van der Waals surface area contributed by atoms with Crippen LogP contribution >= 0.6 is 0 Å². The number of nitrogens with zero attached hydrogens (tertiary/aromatic N) is 2. The lowest BCUT2D eigenvalue weighted by molar-refractivity contribution is 0.0723. The van der Waals surface area contributed by atoms with Crippen LogP contribution < -0.4 is 4.74 Å². The van der Waals surface area contributed by atoms with Crippen LogP contribution in [0, 0.1) is 5.82 Å². The van der Waals surface area contributed by atoms with Crippen molar-refractivity contribution in [1.82, 2.24) is 9.78 Å². The van der Waals surface area contributed by atoms with Crippen LogP contribution in [0.25, 0.3) is 5.69 Å². The van der Waals surface area contributed by atoms with Gasteiger partial charge in [-0.2, -0.15) is 5.10 Å². The molecular weight excluding hydrogens is 367 g/mol. The van der Waals surface area contributed by atoms with Gasteiger partial charge in [-0.15, -0.1) is 0 Å². The number of aryl methyl sites for hydroxylation is 1. The van der Waals surface area contributed by atoms with Gasteiger partial charge < -0.3 is 4.74 Å². The highest BCUT2D eigenvalue weighted by Gasteiger charge is 2.18. The summed E-state index contributed by atoms with van der Waals surface area (Å²) in [6, 6.07) is 15.3. The summed E-state index contributed by atoms with van der Waals surface area (Å²) in [7, 11) is 0. The van der Waals surface area contributed by atoms with Crippen LogP contribution in [0.4, 0.5) is 4.39 Å². The zero-order chi connectivity index (χ0) is 20.8. The van der Waals surface area contributed by atoms with Crippen molar-refractivity contribution in [3.05, 3.63) is 77.2 Å². The lowest BCUT2D eigenvalue weighted by Gasteiger charge is -2.08. The van der Waals surface area contributed by atoms with Crippen molar-refractivity contribution in [1.29, 1.82) is 0 Å². The Morgan fingerprint density at radius 3 is 2.52 bits per heavy atom.